The Balaban J connectivity index is 1.70. The van der Waals surface area contributed by atoms with E-state index in [-0.39, 0.29) is 27.8 Å². The lowest BCUT2D eigenvalue weighted by molar-refractivity contribution is -0.132. The average molecular weight is 537 g/mol. The Labute approximate surface area is 221 Å². The van der Waals surface area contributed by atoms with Crippen molar-refractivity contribution in [2.45, 2.75) is 13.0 Å². The highest BCUT2D eigenvalue weighted by atomic mass is 35.5. The number of aliphatic hydroxyl groups is 1. The highest BCUT2D eigenvalue weighted by molar-refractivity contribution is 7.22. The number of halogens is 1. The summed E-state index contributed by atoms with van der Waals surface area (Å²) in [6.07, 6.45) is 0. The SMILES string of the molecule is CCOc1cc(/C(O)=C2\C(=O)C(=O)N(c3nc4ccc(OC)cc4s3)C2c2ccc(O)cc2)ccc1Cl. The molecule has 0 aliphatic carbocycles. The number of benzene rings is 3. The lowest BCUT2D eigenvalue weighted by Gasteiger charge is -2.23. The zero-order chi connectivity index (χ0) is 26.3. The van der Waals surface area contributed by atoms with Crippen LogP contribution in [0.3, 0.4) is 0 Å². The third kappa shape index (κ3) is 4.36. The van der Waals surface area contributed by atoms with Crippen LogP contribution in [0.25, 0.3) is 16.0 Å². The number of carbonyl (C=O) groups excluding carboxylic acids is 2. The number of hydrogen-bond acceptors (Lipinski definition) is 8. The molecule has 8 nitrogen and oxygen atoms in total. The number of rotatable bonds is 6. The van der Waals surface area contributed by atoms with Crippen molar-refractivity contribution in [3.05, 3.63) is 82.4 Å². The Kier molecular flexibility index (Phi) is 6.49. The number of phenols is 1. The summed E-state index contributed by atoms with van der Waals surface area (Å²) in [6, 6.07) is 15.0. The summed E-state index contributed by atoms with van der Waals surface area (Å²) in [7, 11) is 1.56. The summed E-state index contributed by atoms with van der Waals surface area (Å²) in [5, 5.41) is 21.8. The minimum Gasteiger partial charge on any atom is -0.508 e. The van der Waals surface area contributed by atoms with Crippen LogP contribution in [0.1, 0.15) is 24.1 Å². The number of methoxy groups -OCH3 is 1. The van der Waals surface area contributed by atoms with E-state index in [1.165, 1.54) is 34.4 Å². The maximum atomic E-state index is 13.4. The smallest absolute Gasteiger partial charge is 0.301 e. The fraction of sp³-hybridized carbons (Fsp3) is 0.148. The van der Waals surface area contributed by atoms with Gasteiger partial charge in [0.05, 0.1) is 40.6 Å². The molecule has 1 saturated heterocycles. The number of nitrogens with zero attached hydrogens (tertiary/aromatic N) is 2. The van der Waals surface area contributed by atoms with Crippen LogP contribution in [0.2, 0.25) is 5.02 Å². The summed E-state index contributed by atoms with van der Waals surface area (Å²) in [4.78, 5) is 32.7. The van der Waals surface area contributed by atoms with Crippen LogP contribution in [0.4, 0.5) is 5.13 Å². The van der Waals surface area contributed by atoms with E-state index in [0.29, 0.717) is 34.2 Å². The quantitative estimate of drug-likeness (QED) is 0.185. The van der Waals surface area contributed by atoms with Crippen LogP contribution >= 0.6 is 22.9 Å². The molecule has 10 heteroatoms. The van der Waals surface area contributed by atoms with Crippen LogP contribution in [0.5, 0.6) is 17.2 Å². The van der Waals surface area contributed by atoms with Gasteiger partial charge in [-0.2, -0.15) is 0 Å². The number of aliphatic hydroxyl groups excluding tert-OH is 1. The zero-order valence-electron chi connectivity index (χ0n) is 19.8. The first-order chi connectivity index (χ1) is 17.8. The van der Waals surface area contributed by atoms with E-state index in [4.69, 9.17) is 21.1 Å². The van der Waals surface area contributed by atoms with Crippen LogP contribution in [0, 0.1) is 0 Å². The maximum absolute atomic E-state index is 13.4. The van der Waals surface area contributed by atoms with Crippen LogP contribution in [0.15, 0.2) is 66.2 Å². The summed E-state index contributed by atoms with van der Waals surface area (Å²) in [6.45, 7) is 2.15. The number of aromatic hydroxyl groups is 1. The molecule has 1 atom stereocenters. The van der Waals surface area contributed by atoms with Gasteiger partial charge in [-0.15, -0.1) is 0 Å². The number of fused-ring (bicyclic) bond motifs is 1. The molecule has 1 aliphatic rings. The molecule has 3 aromatic carbocycles. The zero-order valence-corrected chi connectivity index (χ0v) is 21.3. The fourth-order valence-electron chi connectivity index (χ4n) is 4.20. The van der Waals surface area contributed by atoms with Gasteiger partial charge in [0.15, 0.2) is 5.13 Å². The highest BCUT2D eigenvalue weighted by Gasteiger charge is 2.48. The number of phenolic OH excluding ortho intramolecular Hbond substituents is 1. The Morgan fingerprint density at radius 1 is 1.11 bits per heavy atom. The van der Waals surface area contributed by atoms with Crippen molar-refractivity contribution in [3.8, 4) is 17.2 Å². The van der Waals surface area contributed by atoms with E-state index in [2.05, 4.69) is 4.98 Å². The first kappa shape index (κ1) is 24.6. The van der Waals surface area contributed by atoms with E-state index in [9.17, 15) is 19.8 Å². The number of aromatic nitrogens is 1. The number of hydrogen-bond donors (Lipinski definition) is 2. The van der Waals surface area contributed by atoms with Gasteiger partial charge in [0.2, 0.25) is 0 Å². The van der Waals surface area contributed by atoms with Gasteiger partial charge < -0.3 is 19.7 Å². The third-order valence-corrected chi connectivity index (χ3v) is 7.28. The van der Waals surface area contributed by atoms with Crippen LogP contribution in [-0.4, -0.2) is 40.6 Å². The minimum atomic E-state index is -0.991. The van der Waals surface area contributed by atoms with Gasteiger partial charge in [-0.25, -0.2) is 4.98 Å². The molecule has 0 saturated carbocycles. The Hall–Kier alpha value is -4.08. The first-order valence-electron chi connectivity index (χ1n) is 11.3. The van der Waals surface area contributed by atoms with E-state index in [1.54, 1.807) is 56.5 Å². The van der Waals surface area contributed by atoms with E-state index in [1.807, 2.05) is 0 Å². The number of anilines is 1. The fourth-order valence-corrected chi connectivity index (χ4v) is 5.39. The van der Waals surface area contributed by atoms with Gasteiger partial charge in [0.1, 0.15) is 23.0 Å². The number of amides is 1. The van der Waals surface area contributed by atoms with Crippen molar-refractivity contribution in [2.75, 3.05) is 18.6 Å². The molecule has 2 heterocycles. The molecule has 5 rings (SSSR count). The molecule has 0 radical (unpaired) electrons. The second-order valence-corrected chi connectivity index (χ2v) is 9.59. The summed E-state index contributed by atoms with van der Waals surface area (Å²) in [5.41, 5.74) is 1.29. The second-order valence-electron chi connectivity index (χ2n) is 8.17. The van der Waals surface area contributed by atoms with Crippen molar-refractivity contribution >= 4 is 55.7 Å². The minimum absolute atomic E-state index is 0.0202. The molecule has 0 bridgehead atoms. The number of carbonyl (C=O) groups is 2. The van der Waals surface area contributed by atoms with Crippen molar-refractivity contribution in [1.82, 2.24) is 4.98 Å². The third-order valence-electron chi connectivity index (χ3n) is 5.95. The van der Waals surface area contributed by atoms with Crippen molar-refractivity contribution < 1.29 is 29.3 Å². The summed E-state index contributed by atoms with van der Waals surface area (Å²) in [5.74, 6) is -1.08. The monoisotopic (exact) mass is 536 g/mol. The standard InChI is InChI=1S/C27H21ClN2O6S/c1-3-36-20-12-15(6-10-18(20)28)24(32)22-23(14-4-7-16(31)8-5-14)30(26(34)25(22)33)27-29-19-11-9-17(35-2)13-21(19)37-27/h4-13,23,31-32H,3H2,1-2H3/b24-22+. The van der Waals surface area contributed by atoms with Gasteiger partial charge in [-0.3, -0.25) is 14.5 Å². The molecule has 0 spiro atoms. The molecule has 1 aromatic heterocycles. The van der Waals surface area contributed by atoms with Crippen molar-refractivity contribution in [1.29, 1.82) is 0 Å². The number of Topliss-reactive ketones (excluding diaryl/α,β-unsaturated/α-hetero) is 1. The number of ketones is 1. The molecule has 1 amide bonds. The van der Waals surface area contributed by atoms with Gasteiger partial charge in [-0.05, 0) is 61.0 Å². The molecule has 37 heavy (non-hydrogen) atoms. The van der Waals surface area contributed by atoms with Crippen LogP contribution < -0.4 is 14.4 Å². The lowest BCUT2D eigenvalue weighted by Crippen LogP contribution is -2.29. The summed E-state index contributed by atoms with van der Waals surface area (Å²) >= 11 is 7.43. The highest BCUT2D eigenvalue weighted by Crippen LogP contribution is 2.45. The maximum Gasteiger partial charge on any atom is 0.301 e. The summed E-state index contributed by atoms with van der Waals surface area (Å²) < 4.78 is 11.6. The van der Waals surface area contributed by atoms with Gasteiger partial charge in [-0.1, -0.05) is 35.1 Å². The number of ether oxygens (including phenoxy) is 2. The largest absolute Gasteiger partial charge is 0.508 e. The molecular formula is C27H21ClN2O6S. The topological polar surface area (TPSA) is 109 Å². The normalized spacial score (nSPS) is 16.9. The molecule has 1 aliphatic heterocycles. The Bertz CT molecular complexity index is 1560. The first-order valence-corrected chi connectivity index (χ1v) is 12.5. The predicted octanol–water partition coefficient (Wildman–Crippen LogP) is 5.69. The lowest BCUT2D eigenvalue weighted by atomic mass is 9.95. The van der Waals surface area contributed by atoms with E-state index in [0.717, 1.165) is 4.70 Å². The van der Waals surface area contributed by atoms with Crippen molar-refractivity contribution in [3.63, 3.8) is 0 Å². The van der Waals surface area contributed by atoms with Gasteiger partial charge >= 0.3 is 5.91 Å². The molecular weight excluding hydrogens is 516 g/mol. The molecule has 2 N–H and O–H groups in total. The second kappa shape index (κ2) is 9.76. The van der Waals surface area contributed by atoms with Crippen LogP contribution in [-0.2, 0) is 9.59 Å². The van der Waals surface area contributed by atoms with E-state index >= 15 is 0 Å². The Morgan fingerprint density at radius 3 is 2.57 bits per heavy atom. The molecule has 1 unspecified atom stereocenters. The van der Waals surface area contributed by atoms with E-state index < -0.39 is 17.7 Å². The van der Waals surface area contributed by atoms with Gasteiger partial charge in [0.25, 0.3) is 5.78 Å². The van der Waals surface area contributed by atoms with Gasteiger partial charge in [0, 0.05) is 5.56 Å². The number of thiazole rings is 1. The van der Waals surface area contributed by atoms with Crippen molar-refractivity contribution in [2.24, 2.45) is 0 Å². The molecule has 188 valence electrons. The molecule has 4 aromatic rings. The Morgan fingerprint density at radius 2 is 1.86 bits per heavy atom. The predicted molar refractivity (Wildman–Crippen MR) is 142 cm³/mol. The molecule has 1 fully saturated rings. The average Bonchev–Trinajstić information content (AvgIpc) is 3.43.